The number of carbonyl (C=O) groups is 1. The maximum Gasteiger partial charge on any atom is 0.307 e. The van der Waals surface area contributed by atoms with Crippen LogP contribution in [0, 0.1) is 6.92 Å². The largest absolute Gasteiger partial charge is 0.490 e. The van der Waals surface area contributed by atoms with Crippen molar-refractivity contribution >= 4 is 5.97 Å². The fourth-order valence-electron chi connectivity index (χ4n) is 1.61. The first kappa shape index (κ1) is 13.6. The zero-order valence-corrected chi connectivity index (χ0v) is 10.9. The minimum atomic E-state index is -0.838. The van der Waals surface area contributed by atoms with Gasteiger partial charge in [-0.05, 0) is 37.0 Å². The summed E-state index contributed by atoms with van der Waals surface area (Å²) >= 11 is 0. The van der Waals surface area contributed by atoms with Crippen molar-refractivity contribution < 1.29 is 14.6 Å². The molecule has 1 unspecified atom stereocenters. The molecule has 0 amide bonds. The third-order valence-corrected chi connectivity index (χ3v) is 2.67. The highest BCUT2D eigenvalue weighted by Gasteiger charge is 2.11. The average Bonchev–Trinajstić information content (AvgIpc) is 2.19. The van der Waals surface area contributed by atoms with E-state index in [1.54, 1.807) is 6.92 Å². The summed E-state index contributed by atoms with van der Waals surface area (Å²) in [6, 6.07) is 6.09. The molecule has 17 heavy (non-hydrogen) atoms. The maximum atomic E-state index is 10.6. The van der Waals surface area contributed by atoms with Crippen LogP contribution < -0.4 is 4.74 Å². The Hall–Kier alpha value is -1.51. The average molecular weight is 236 g/mol. The van der Waals surface area contributed by atoms with Crippen LogP contribution in [-0.2, 0) is 4.79 Å². The molecule has 1 rings (SSSR count). The molecule has 0 saturated heterocycles. The van der Waals surface area contributed by atoms with Gasteiger partial charge >= 0.3 is 5.97 Å². The molecule has 0 aliphatic rings. The molecule has 0 fully saturated rings. The number of hydrogen-bond acceptors (Lipinski definition) is 2. The molecule has 0 aromatic heterocycles. The molecule has 1 aromatic rings. The molecular formula is C14H20O3. The van der Waals surface area contributed by atoms with Crippen molar-refractivity contribution in [1.29, 1.82) is 0 Å². The summed E-state index contributed by atoms with van der Waals surface area (Å²) in [6.07, 6.45) is -0.292. The fourth-order valence-corrected chi connectivity index (χ4v) is 1.61. The second-order valence-corrected chi connectivity index (χ2v) is 4.71. The third kappa shape index (κ3) is 4.10. The number of ether oxygens (including phenoxy) is 1. The highest BCUT2D eigenvalue weighted by Crippen LogP contribution is 2.25. The van der Waals surface area contributed by atoms with Crippen LogP contribution in [0.25, 0.3) is 0 Å². The van der Waals surface area contributed by atoms with Gasteiger partial charge in [0.05, 0.1) is 6.42 Å². The highest BCUT2D eigenvalue weighted by atomic mass is 16.5. The molecule has 0 spiro atoms. The molecule has 0 bridgehead atoms. The zero-order valence-electron chi connectivity index (χ0n) is 10.9. The quantitative estimate of drug-likeness (QED) is 0.852. The smallest absolute Gasteiger partial charge is 0.307 e. The van der Waals surface area contributed by atoms with Crippen LogP contribution in [0.5, 0.6) is 5.75 Å². The van der Waals surface area contributed by atoms with Crippen LogP contribution >= 0.6 is 0 Å². The number of hydrogen-bond donors (Lipinski definition) is 1. The van der Waals surface area contributed by atoms with E-state index in [0.717, 1.165) is 11.3 Å². The Balaban J connectivity index is 2.82. The van der Waals surface area contributed by atoms with Gasteiger partial charge < -0.3 is 9.84 Å². The molecule has 1 atom stereocenters. The summed E-state index contributed by atoms with van der Waals surface area (Å²) in [5, 5.41) is 8.69. The minimum absolute atomic E-state index is 0.0192. The van der Waals surface area contributed by atoms with E-state index < -0.39 is 5.97 Å². The van der Waals surface area contributed by atoms with E-state index in [-0.39, 0.29) is 12.5 Å². The second-order valence-electron chi connectivity index (χ2n) is 4.71. The van der Waals surface area contributed by atoms with E-state index in [1.807, 2.05) is 19.1 Å². The van der Waals surface area contributed by atoms with Crippen molar-refractivity contribution in [3.63, 3.8) is 0 Å². The summed E-state index contributed by atoms with van der Waals surface area (Å²) in [6.45, 7) is 7.98. The van der Waals surface area contributed by atoms with E-state index in [9.17, 15) is 4.79 Å². The van der Waals surface area contributed by atoms with Crippen LogP contribution in [0.1, 0.15) is 44.2 Å². The van der Waals surface area contributed by atoms with Crippen molar-refractivity contribution in [2.24, 2.45) is 0 Å². The van der Waals surface area contributed by atoms with E-state index >= 15 is 0 Å². The molecule has 0 radical (unpaired) electrons. The summed E-state index contributed by atoms with van der Waals surface area (Å²) in [5.41, 5.74) is 2.24. The predicted octanol–water partition coefficient (Wildman–Crippen LogP) is 3.36. The lowest BCUT2D eigenvalue weighted by Gasteiger charge is -2.16. The van der Waals surface area contributed by atoms with Crippen molar-refractivity contribution in [3.8, 4) is 5.75 Å². The van der Waals surface area contributed by atoms with E-state index in [0.29, 0.717) is 5.92 Å². The molecular weight excluding hydrogens is 216 g/mol. The molecule has 1 aromatic carbocycles. The van der Waals surface area contributed by atoms with Crippen LogP contribution in [0.4, 0.5) is 0 Å². The van der Waals surface area contributed by atoms with Crippen molar-refractivity contribution in [1.82, 2.24) is 0 Å². The van der Waals surface area contributed by atoms with Crippen LogP contribution in [0.2, 0.25) is 0 Å². The normalized spacial score (nSPS) is 12.5. The second kappa shape index (κ2) is 5.71. The van der Waals surface area contributed by atoms with E-state index in [2.05, 4.69) is 19.9 Å². The lowest BCUT2D eigenvalue weighted by molar-refractivity contribution is -0.138. The molecule has 0 saturated carbocycles. The predicted molar refractivity (Wildman–Crippen MR) is 67.6 cm³/mol. The van der Waals surface area contributed by atoms with Gasteiger partial charge in [0.25, 0.3) is 0 Å². The van der Waals surface area contributed by atoms with Gasteiger partial charge in [0.2, 0.25) is 0 Å². The Kier molecular flexibility index (Phi) is 4.55. The van der Waals surface area contributed by atoms with E-state index in [1.165, 1.54) is 5.56 Å². The van der Waals surface area contributed by atoms with Gasteiger partial charge in [-0.25, -0.2) is 0 Å². The molecule has 94 valence electrons. The maximum absolute atomic E-state index is 10.6. The fraction of sp³-hybridized carbons (Fsp3) is 0.500. The van der Waals surface area contributed by atoms with E-state index in [4.69, 9.17) is 9.84 Å². The van der Waals surface area contributed by atoms with Gasteiger partial charge in [-0.3, -0.25) is 4.79 Å². The Morgan fingerprint density at radius 3 is 2.53 bits per heavy atom. The lowest BCUT2D eigenvalue weighted by Crippen LogP contribution is -2.17. The Morgan fingerprint density at radius 1 is 1.35 bits per heavy atom. The number of aryl methyl sites for hydroxylation is 1. The van der Waals surface area contributed by atoms with Gasteiger partial charge in [-0.15, -0.1) is 0 Å². The molecule has 0 aliphatic carbocycles. The third-order valence-electron chi connectivity index (χ3n) is 2.67. The van der Waals surface area contributed by atoms with Crippen molar-refractivity contribution in [3.05, 3.63) is 29.3 Å². The monoisotopic (exact) mass is 236 g/mol. The molecule has 1 N–H and O–H groups in total. The van der Waals surface area contributed by atoms with Crippen molar-refractivity contribution in [2.45, 2.75) is 46.1 Å². The van der Waals surface area contributed by atoms with Crippen LogP contribution in [-0.4, -0.2) is 17.2 Å². The summed E-state index contributed by atoms with van der Waals surface area (Å²) in [4.78, 5) is 10.6. The topological polar surface area (TPSA) is 46.5 Å². The SMILES string of the molecule is Cc1ccc(C(C)C)cc1OC(C)CC(=O)O. The molecule has 0 aliphatic heterocycles. The minimum Gasteiger partial charge on any atom is -0.490 e. The number of benzene rings is 1. The van der Waals surface area contributed by atoms with Gasteiger partial charge in [-0.2, -0.15) is 0 Å². The van der Waals surface area contributed by atoms with Gasteiger partial charge in [0.1, 0.15) is 11.9 Å². The van der Waals surface area contributed by atoms with Gasteiger partial charge in [0, 0.05) is 0 Å². The molecule has 0 heterocycles. The first-order chi connectivity index (χ1) is 7.90. The summed E-state index contributed by atoms with van der Waals surface area (Å²) in [7, 11) is 0. The van der Waals surface area contributed by atoms with Gasteiger partial charge in [0.15, 0.2) is 0 Å². The first-order valence-electron chi connectivity index (χ1n) is 5.89. The summed E-state index contributed by atoms with van der Waals surface area (Å²) < 4.78 is 5.67. The number of carboxylic acid groups (broad SMARTS) is 1. The first-order valence-corrected chi connectivity index (χ1v) is 5.89. The number of aliphatic carboxylic acids is 1. The van der Waals surface area contributed by atoms with Crippen LogP contribution in [0.3, 0.4) is 0 Å². The summed E-state index contributed by atoms with van der Waals surface area (Å²) in [5.74, 6) is 0.382. The molecule has 3 nitrogen and oxygen atoms in total. The molecule has 3 heteroatoms. The number of rotatable bonds is 5. The standard InChI is InChI=1S/C14H20O3/c1-9(2)12-6-5-10(3)13(8-12)17-11(4)7-14(15)16/h5-6,8-9,11H,7H2,1-4H3,(H,15,16). The highest BCUT2D eigenvalue weighted by molar-refractivity contribution is 5.67. The Morgan fingerprint density at radius 2 is 2.00 bits per heavy atom. The lowest BCUT2D eigenvalue weighted by atomic mass is 10.0. The van der Waals surface area contributed by atoms with Gasteiger partial charge in [-0.1, -0.05) is 26.0 Å². The van der Waals surface area contributed by atoms with Crippen molar-refractivity contribution in [2.75, 3.05) is 0 Å². The Labute approximate surface area is 102 Å². The number of carboxylic acids is 1. The Bertz CT molecular complexity index is 396. The van der Waals surface area contributed by atoms with Crippen LogP contribution in [0.15, 0.2) is 18.2 Å². The zero-order chi connectivity index (χ0) is 13.0.